The highest BCUT2D eigenvalue weighted by Crippen LogP contribution is 2.52. The summed E-state index contributed by atoms with van der Waals surface area (Å²) in [6, 6.07) is 6.25. The van der Waals surface area contributed by atoms with Crippen molar-refractivity contribution in [2.45, 2.75) is 115 Å². The summed E-state index contributed by atoms with van der Waals surface area (Å²) in [4.78, 5) is 24.9. The van der Waals surface area contributed by atoms with E-state index in [2.05, 4.69) is 52.8 Å². The van der Waals surface area contributed by atoms with Gasteiger partial charge in [-0.2, -0.15) is 0 Å². The molecule has 0 spiro atoms. The van der Waals surface area contributed by atoms with Gasteiger partial charge in [-0.25, -0.2) is 0 Å². The molecule has 1 aliphatic rings. The summed E-state index contributed by atoms with van der Waals surface area (Å²) in [6.45, 7) is 16.1. The number of hydrogen-bond acceptors (Lipinski definition) is 8. The Balaban J connectivity index is 2.52. The van der Waals surface area contributed by atoms with Crippen LogP contribution < -0.4 is 0 Å². The van der Waals surface area contributed by atoms with Crippen molar-refractivity contribution in [3.05, 3.63) is 29.3 Å². The highest BCUT2D eigenvalue weighted by Gasteiger charge is 2.70. The molecule has 37 heavy (non-hydrogen) atoms. The van der Waals surface area contributed by atoms with Crippen molar-refractivity contribution in [3.8, 4) is 0 Å². The highest BCUT2D eigenvalue weighted by atomic mass is 32.2. The molecule has 0 saturated heterocycles. The lowest BCUT2D eigenvalue weighted by Crippen LogP contribution is -2.77. The Kier molecular flexibility index (Phi) is 11.9. The van der Waals surface area contributed by atoms with E-state index in [0.29, 0.717) is 13.2 Å². The minimum atomic E-state index is -1.30. The number of esters is 2. The van der Waals surface area contributed by atoms with Gasteiger partial charge in [-0.05, 0) is 42.4 Å². The molecule has 1 aromatic rings. The molecule has 0 aromatic heterocycles. The monoisotopic (exact) mass is 538 g/mol. The third kappa shape index (κ3) is 7.94. The van der Waals surface area contributed by atoms with Crippen LogP contribution in [0.4, 0.5) is 0 Å². The van der Waals surface area contributed by atoms with Crippen LogP contribution in [0.15, 0.2) is 23.1 Å². The second kappa shape index (κ2) is 14.0. The van der Waals surface area contributed by atoms with Crippen LogP contribution in [-0.4, -0.2) is 60.1 Å². The Morgan fingerprint density at radius 2 is 1.73 bits per heavy atom. The maximum Gasteiger partial charge on any atom is 0.303 e. The molecule has 5 atom stereocenters. The Labute approximate surface area is 227 Å². The molecule has 1 aromatic carbocycles. The number of carbonyl (C=O) groups is 2. The smallest absolute Gasteiger partial charge is 0.303 e. The molecule has 0 radical (unpaired) electrons. The number of rotatable bonds is 14. The van der Waals surface area contributed by atoms with E-state index in [-0.39, 0.29) is 12.0 Å². The van der Waals surface area contributed by atoms with Crippen LogP contribution in [0, 0.1) is 12.8 Å². The Morgan fingerprint density at radius 3 is 2.30 bits per heavy atom. The van der Waals surface area contributed by atoms with Gasteiger partial charge in [-0.1, -0.05) is 71.4 Å². The molecule has 0 aliphatic heterocycles. The third-order valence-corrected chi connectivity index (χ3v) is 8.10. The maximum atomic E-state index is 12.2. The average Bonchev–Trinajstić information content (AvgIpc) is 2.80. The summed E-state index contributed by atoms with van der Waals surface area (Å²) in [5.41, 5.74) is -0.292. The minimum absolute atomic E-state index is 0.00531. The number of aliphatic hydroxyl groups excluding tert-OH is 1. The summed E-state index contributed by atoms with van der Waals surface area (Å²) in [5.74, 6) is -1.42. The van der Waals surface area contributed by atoms with Crippen molar-refractivity contribution < 1.29 is 33.6 Å². The fourth-order valence-corrected chi connectivity index (χ4v) is 5.79. The molecule has 210 valence electrons. The molecule has 1 fully saturated rings. The van der Waals surface area contributed by atoms with Crippen LogP contribution in [0.3, 0.4) is 0 Å². The van der Waals surface area contributed by atoms with Crippen LogP contribution in [0.5, 0.6) is 0 Å². The summed E-state index contributed by atoms with van der Waals surface area (Å²) in [6.07, 6.45) is 2.05. The fourth-order valence-electron chi connectivity index (χ4n) is 4.54. The van der Waals surface area contributed by atoms with Gasteiger partial charge in [-0.3, -0.25) is 9.59 Å². The van der Waals surface area contributed by atoms with Crippen LogP contribution in [0.2, 0.25) is 0 Å². The first-order chi connectivity index (χ1) is 17.4. The molecule has 7 nitrogen and oxygen atoms in total. The van der Waals surface area contributed by atoms with Gasteiger partial charge < -0.3 is 24.1 Å². The zero-order chi connectivity index (χ0) is 27.8. The summed E-state index contributed by atoms with van der Waals surface area (Å²) >= 11 is 1.28. The number of ether oxygens (including phenoxy) is 4. The molecule has 1 aliphatic carbocycles. The van der Waals surface area contributed by atoms with Gasteiger partial charge in [0, 0.05) is 32.0 Å². The molecule has 1 saturated carbocycles. The molecule has 2 unspecified atom stereocenters. The maximum absolute atomic E-state index is 12.2. The van der Waals surface area contributed by atoms with Gasteiger partial charge in [0.05, 0.1) is 12.5 Å². The van der Waals surface area contributed by atoms with Crippen molar-refractivity contribution >= 4 is 23.7 Å². The van der Waals surface area contributed by atoms with Crippen LogP contribution in [0.1, 0.15) is 85.3 Å². The molecule has 2 rings (SSSR count). The quantitative estimate of drug-likeness (QED) is 0.142. The third-order valence-electron chi connectivity index (χ3n) is 6.82. The second-order valence-electron chi connectivity index (χ2n) is 10.9. The number of carbonyl (C=O) groups excluding carboxylic acids is 2. The topological polar surface area (TPSA) is 91.3 Å². The van der Waals surface area contributed by atoms with Gasteiger partial charge >= 0.3 is 11.9 Å². The van der Waals surface area contributed by atoms with Gasteiger partial charge in [0.2, 0.25) is 0 Å². The molecular weight excluding hydrogens is 492 g/mol. The Bertz CT molecular complexity index is 897. The van der Waals surface area contributed by atoms with Crippen molar-refractivity contribution in [3.63, 3.8) is 0 Å². The van der Waals surface area contributed by atoms with Crippen LogP contribution in [-0.2, 0) is 34.0 Å². The van der Waals surface area contributed by atoms with Gasteiger partial charge in [0.15, 0.2) is 11.7 Å². The zero-order valence-corrected chi connectivity index (χ0v) is 24.6. The number of hydrogen-bond donors (Lipinski definition) is 1. The molecule has 1 N–H and O–H groups in total. The zero-order valence-electron chi connectivity index (χ0n) is 23.8. The largest absolute Gasteiger partial charge is 0.465 e. The second-order valence-corrected chi connectivity index (χ2v) is 12.0. The first kappa shape index (κ1) is 31.6. The number of unbranched alkanes of at least 4 members (excludes halogenated alkanes) is 2. The van der Waals surface area contributed by atoms with E-state index in [1.54, 1.807) is 0 Å². The first-order valence-corrected chi connectivity index (χ1v) is 14.3. The minimum Gasteiger partial charge on any atom is -0.465 e. The normalized spacial score (nSPS) is 24.3. The van der Waals surface area contributed by atoms with Crippen molar-refractivity contribution in [1.29, 1.82) is 0 Å². The lowest BCUT2D eigenvalue weighted by Gasteiger charge is -2.59. The van der Waals surface area contributed by atoms with Gasteiger partial charge in [0.25, 0.3) is 0 Å². The molecular formula is C29H46O7S. The molecule has 0 amide bonds. The van der Waals surface area contributed by atoms with Gasteiger partial charge in [0.1, 0.15) is 11.5 Å². The van der Waals surface area contributed by atoms with Crippen molar-refractivity contribution in [1.82, 2.24) is 0 Å². The van der Waals surface area contributed by atoms with E-state index in [0.717, 1.165) is 41.7 Å². The predicted octanol–water partition coefficient (Wildman–Crippen LogP) is 5.57. The van der Waals surface area contributed by atoms with Crippen molar-refractivity contribution in [2.75, 3.05) is 19.8 Å². The fraction of sp³-hybridized carbons (Fsp3) is 0.724. The SMILES string of the molecule is CCCCO[C@@H]1C(COC(C)=O)[C@@](OCCCC)([C@@H](O)Sc2cc(C(C)(C)C)ccc2C)C1OC(C)=O. The number of benzene rings is 1. The Hall–Kier alpha value is -1.61. The average molecular weight is 539 g/mol. The first-order valence-electron chi connectivity index (χ1n) is 13.4. The van der Waals surface area contributed by atoms with E-state index in [4.69, 9.17) is 18.9 Å². The number of thioether (sulfide) groups is 1. The standard InChI is InChI=1S/C29H46O7S/c1-9-11-15-33-25-23(18-34-20(4)30)29(35-16-12-10-2,26(25)36-21(5)31)27(32)37-24-17-22(28(6,7)8)14-13-19(24)3/h13-14,17,23,25-27,32H,9-12,15-16,18H2,1-8H3/t23?,25-,26?,27+,29+/m1/s1. The highest BCUT2D eigenvalue weighted by molar-refractivity contribution is 7.99. The number of aliphatic hydroxyl groups is 1. The lowest BCUT2D eigenvalue weighted by atomic mass is 9.64. The number of aryl methyl sites for hydroxylation is 1. The molecule has 0 heterocycles. The van der Waals surface area contributed by atoms with E-state index in [9.17, 15) is 14.7 Å². The summed E-state index contributed by atoms with van der Waals surface area (Å²) < 4.78 is 23.8. The van der Waals surface area contributed by atoms with E-state index >= 15 is 0 Å². The summed E-state index contributed by atoms with van der Waals surface area (Å²) in [7, 11) is 0. The predicted molar refractivity (Wildman–Crippen MR) is 146 cm³/mol. The van der Waals surface area contributed by atoms with Crippen molar-refractivity contribution in [2.24, 2.45) is 5.92 Å². The molecule has 0 bridgehead atoms. The van der Waals surface area contributed by atoms with E-state index in [1.807, 2.05) is 6.92 Å². The Morgan fingerprint density at radius 1 is 1.08 bits per heavy atom. The van der Waals surface area contributed by atoms with E-state index < -0.39 is 41.1 Å². The summed E-state index contributed by atoms with van der Waals surface area (Å²) in [5, 5.41) is 11.8. The van der Waals surface area contributed by atoms with Crippen LogP contribution >= 0.6 is 11.8 Å². The van der Waals surface area contributed by atoms with Gasteiger partial charge in [-0.15, -0.1) is 0 Å². The van der Waals surface area contributed by atoms with E-state index in [1.165, 1.54) is 25.6 Å². The lowest BCUT2D eigenvalue weighted by molar-refractivity contribution is -0.319. The molecule has 8 heteroatoms. The van der Waals surface area contributed by atoms with Crippen LogP contribution in [0.25, 0.3) is 0 Å².